The van der Waals surface area contributed by atoms with Crippen LogP contribution >= 0.6 is 0 Å². The smallest absolute Gasteiger partial charge is 0.407 e. The zero-order chi connectivity index (χ0) is 13.2. The number of ether oxygens (including phenoxy) is 1. The Morgan fingerprint density at radius 3 is 2.47 bits per heavy atom. The molecule has 0 aliphatic carbocycles. The number of aromatic hydroxyl groups is 1. The number of nitriles is 1. The number of hydrogen-bond acceptors (Lipinski definition) is 4. The molecule has 0 fully saturated rings. The topological polar surface area (TPSA) is 79.3 Å². The number of hydrogen-bond donors (Lipinski definition) is 2. The van der Waals surface area contributed by atoms with E-state index in [1.54, 1.807) is 6.07 Å². The molecule has 3 N–H and O–H groups in total. The highest BCUT2D eigenvalue weighted by atomic mass is 19.4. The summed E-state index contributed by atoms with van der Waals surface area (Å²) < 4.78 is 41.9. The van der Waals surface area contributed by atoms with Crippen molar-refractivity contribution >= 4 is 0 Å². The second kappa shape index (κ2) is 4.51. The number of nitrogens with two attached hydrogens (primary N) is 1. The number of halogens is 3. The van der Waals surface area contributed by atoms with Crippen molar-refractivity contribution < 1.29 is 23.0 Å². The zero-order valence-corrected chi connectivity index (χ0v) is 8.75. The summed E-state index contributed by atoms with van der Waals surface area (Å²) in [6.07, 6.45) is -4.71. The van der Waals surface area contributed by atoms with Gasteiger partial charge < -0.3 is 15.6 Å². The molecule has 1 atom stereocenters. The van der Waals surface area contributed by atoms with Gasteiger partial charge in [-0.25, -0.2) is 0 Å². The molecule has 0 spiro atoms. The van der Waals surface area contributed by atoms with Gasteiger partial charge in [-0.2, -0.15) is 18.4 Å². The Hall–Kier alpha value is -1.94. The van der Waals surface area contributed by atoms with Gasteiger partial charge in [-0.05, 0) is 6.07 Å². The second-order valence-electron chi connectivity index (χ2n) is 3.25. The third-order valence-corrected chi connectivity index (χ3v) is 2.14. The Labute approximate surface area is 95.0 Å². The Bertz CT molecular complexity index is 466. The predicted molar refractivity (Wildman–Crippen MR) is 52.4 cm³/mol. The lowest BCUT2D eigenvalue weighted by atomic mass is 10.0. The number of nitrogens with zero attached hydrogens (tertiary/aromatic N) is 1. The molecule has 92 valence electrons. The third-order valence-electron chi connectivity index (χ3n) is 2.14. The van der Waals surface area contributed by atoms with Gasteiger partial charge in [0.05, 0.1) is 18.7 Å². The first-order chi connectivity index (χ1) is 7.81. The van der Waals surface area contributed by atoms with Crippen molar-refractivity contribution in [2.45, 2.75) is 12.2 Å². The van der Waals surface area contributed by atoms with Crippen molar-refractivity contribution in [2.24, 2.45) is 5.73 Å². The van der Waals surface area contributed by atoms with Gasteiger partial charge in [0.25, 0.3) is 0 Å². The van der Waals surface area contributed by atoms with Crippen molar-refractivity contribution in [3.8, 4) is 17.6 Å². The summed E-state index contributed by atoms with van der Waals surface area (Å²) in [6.45, 7) is 0. The van der Waals surface area contributed by atoms with Gasteiger partial charge in [0.2, 0.25) is 0 Å². The van der Waals surface area contributed by atoms with E-state index in [9.17, 15) is 18.3 Å². The van der Waals surface area contributed by atoms with E-state index >= 15 is 0 Å². The SMILES string of the molecule is COc1cc(C#N)cc([C@H](N)C(F)(F)F)c1O. The predicted octanol–water partition coefficient (Wildman–Crippen LogP) is 1.83. The molecule has 0 radical (unpaired) electrons. The largest absolute Gasteiger partial charge is 0.504 e. The van der Waals surface area contributed by atoms with Crippen molar-refractivity contribution in [2.75, 3.05) is 7.11 Å². The van der Waals surface area contributed by atoms with Gasteiger partial charge in [-0.3, -0.25) is 0 Å². The van der Waals surface area contributed by atoms with Crippen LogP contribution in [0.3, 0.4) is 0 Å². The summed E-state index contributed by atoms with van der Waals surface area (Å²) in [6, 6.07) is 1.30. The highest BCUT2D eigenvalue weighted by Crippen LogP contribution is 2.40. The Morgan fingerprint density at radius 1 is 1.47 bits per heavy atom. The van der Waals surface area contributed by atoms with E-state index in [0.717, 1.165) is 12.1 Å². The van der Waals surface area contributed by atoms with Gasteiger partial charge in [0, 0.05) is 11.6 Å². The van der Waals surface area contributed by atoms with Crippen molar-refractivity contribution in [3.05, 3.63) is 23.3 Å². The minimum atomic E-state index is -4.71. The molecule has 7 heteroatoms. The molecule has 0 heterocycles. The van der Waals surface area contributed by atoms with Gasteiger partial charge in [0.15, 0.2) is 11.5 Å². The molecule has 0 unspecified atom stereocenters. The number of alkyl halides is 3. The molecule has 0 aromatic heterocycles. The van der Waals surface area contributed by atoms with Crippen LogP contribution in [0.25, 0.3) is 0 Å². The molecule has 0 saturated carbocycles. The summed E-state index contributed by atoms with van der Waals surface area (Å²) in [5.74, 6) is -0.935. The monoisotopic (exact) mass is 246 g/mol. The van der Waals surface area contributed by atoms with Crippen LogP contribution in [0.1, 0.15) is 17.2 Å². The summed E-state index contributed by atoms with van der Waals surface area (Å²) in [5.41, 5.74) is 4.31. The van der Waals surface area contributed by atoms with E-state index in [1.807, 2.05) is 0 Å². The van der Waals surface area contributed by atoms with E-state index in [0.29, 0.717) is 0 Å². The van der Waals surface area contributed by atoms with Gasteiger partial charge >= 0.3 is 6.18 Å². The van der Waals surface area contributed by atoms with Crippen molar-refractivity contribution in [1.82, 2.24) is 0 Å². The second-order valence-corrected chi connectivity index (χ2v) is 3.25. The standard InChI is InChI=1S/C10H9F3N2O2/c1-17-7-3-5(4-14)2-6(8(7)16)9(15)10(11,12)13/h2-3,9,16H,15H2,1H3/t9-/m0/s1. The molecule has 4 nitrogen and oxygen atoms in total. The average molecular weight is 246 g/mol. The fourth-order valence-corrected chi connectivity index (χ4v) is 1.26. The minimum absolute atomic E-state index is 0.0747. The molecular weight excluding hydrogens is 237 g/mol. The highest BCUT2D eigenvalue weighted by molar-refractivity contribution is 5.53. The molecule has 1 aromatic rings. The van der Waals surface area contributed by atoms with Gasteiger partial charge in [-0.1, -0.05) is 0 Å². The van der Waals surface area contributed by atoms with Crippen LogP contribution in [-0.2, 0) is 0 Å². The number of rotatable bonds is 2. The lowest BCUT2D eigenvalue weighted by Crippen LogP contribution is -2.28. The van der Waals surface area contributed by atoms with Gasteiger partial charge in [0.1, 0.15) is 6.04 Å². The molecule has 0 aliphatic rings. The lowest BCUT2D eigenvalue weighted by molar-refractivity contribution is -0.149. The van der Waals surface area contributed by atoms with Crippen molar-refractivity contribution in [1.29, 1.82) is 5.26 Å². The summed E-state index contributed by atoms with van der Waals surface area (Å²) in [7, 11) is 1.17. The van der Waals surface area contributed by atoms with E-state index in [1.165, 1.54) is 7.11 Å². The fourth-order valence-electron chi connectivity index (χ4n) is 1.26. The van der Waals surface area contributed by atoms with Crippen molar-refractivity contribution in [3.63, 3.8) is 0 Å². The van der Waals surface area contributed by atoms with Crippen LogP contribution in [0.4, 0.5) is 13.2 Å². The maximum Gasteiger partial charge on any atom is 0.407 e. The molecule has 0 saturated heterocycles. The summed E-state index contributed by atoms with van der Waals surface area (Å²) >= 11 is 0. The molecule has 0 amide bonds. The first-order valence-corrected chi connectivity index (χ1v) is 4.44. The van der Waals surface area contributed by atoms with Crippen LogP contribution in [-0.4, -0.2) is 18.4 Å². The molecule has 0 bridgehead atoms. The van der Waals surface area contributed by atoms with Crippen LogP contribution in [0.5, 0.6) is 11.5 Å². The first kappa shape index (κ1) is 13.1. The molecular formula is C10H9F3N2O2. The number of phenols is 1. The minimum Gasteiger partial charge on any atom is -0.504 e. The molecule has 1 aromatic carbocycles. The quantitative estimate of drug-likeness (QED) is 0.834. The Kier molecular flexibility index (Phi) is 3.48. The average Bonchev–Trinajstić information content (AvgIpc) is 2.27. The van der Waals surface area contributed by atoms with E-state index in [2.05, 4.69) is 4.74 Å². The fraction of sp³-hybridized carbons (Fsp3) is 0.300. The number of phenolic OH excluding ortho intramolecular Hbond substituents is 1. The van der Waals surface area contributed by atoms with E-state index < -0.39 is 23.5 Å². The maximum absolute atomic E-state index is 12.4. The lowest BCUT2D eigenvalue weighted by Gasteiger charge is -2.18. The molecule has 0 aliphatic heterocycles. The third kappa shape index (κ3) is 2.60. The van der Waals surface area contributed by atoms with Crippen LogP contribution in [0, 0.1) is 11.3 Å². The number of methoxy groups -OCH3 is 1. The highest BCUT2D eigenvalue weighted by Gasteiger charge is 2.40. The normalized spacial score (nSPS) is 12.9. The number of benzene rings is 1. The molecule has 1 rings (SSSR count). The van der Waals surface area contributed by atoms with E-state index in [4.69, 9.17) is 11.0 Å². The van der Waals surface area contributed by atoms with Crippen LogP contribution < -0.4 is 10.5 Å². The van der Waals surface area contributed by atoms with Crippen LogP contribution in [0.2, 0.25) is 0 Å². The summed E-state index contributed by atoms with van der Waals surface area (Å²) in [5, 5.41) is 18.2. The van der Waals surface area contributed by atoms with Crippen LogP contribution in [0.15, 0.2) is 12.1 Å². The first-order valence-electron chi connectivity index (χ1n) is 4.44. The van der Waals surface area contributed by atoms with Gasteiger partial charge in [-0.15, -0.1) is 0 Å². The van der Waals surface area contributed by atoms with E-state index in [-0.39, 0.29) is 11.3 Å². The summed E-state index contributed by atoms with van der Waals surface area (Å²) in [4.78, 5) is 0. The Balaban J connectivity index is 3.38. The zero-order valence-electron chi connectivity index (χ0n) is 8.75. The maximum atomic E-state index is 12.4. The Morgan fingerprint density at radius 2 is 2.06 bits per heavy atom. The molecule has 17 heavy (non-hydrogen) atoms.